The highest BCUT2D eigenvalue weighted by Gasteiger charge is 2.06. The summed E-state index contributed by atoms with van der Waals surface area (Å²) in [5.74, 6) is 2.14. The van der Waals surface area contributed by atoms with E-state index in [2.05, 4.69) is 10.3 Å². The Morgan fingerprint density at radius 3 is 1.46 bits per heavy atom. The summed E-state index contributed by atoms with van der Waals surface area (Å²) in [4.78, 5) is 0. The van der Waals surface area contributed by atoms with E-state index in [9.17, 15) is 0 Å². The molecule has 8 heteroatoms. The number of nitrogens with zero attached hydrogens (tertiary/aromatic N) is 2. The molecular formula is C20H14Cl2N2O4. The van der Waals surface area contributed by atoms with E-state index in [0.717, 1.165) is 0 Å². The van der Waals surface area contributed by atoms with E-state index in [-0.39, 0.29) is 0 Å². The molecule has 0 saturated carbocycles. The fraction of sp³-hybridized carbons (Fsp3) is 0. The van der Waals surface area contributed by atoms with Crippen LogP contribution < -0.4 is 9.47 Å². The summed E-state index contributed by atoms with van der Waals surface area (Å²) in [5, 5.41) is 23.9. The first-order valence-electron chi connectivity index (χ1n) is 7.99. The molecule has 0 fully saturated rings. The van der Waals surface area contributed by atoms with Gasteiger partial charge in [-0.15, -0.1) is 0 Å². The molecule has 0 bridgehead atoms. The lowest BCUT2D eigenvalue weighted by Gasteiger charge is -2.10. The van der Waals surface area contributed by atoms with Gasteiger partial charge in [0.25, 0.3) is 0 Å². The number of ether oxygens (including phenoxy) is 2. The molecule has 0 atom stereocenters. The second-order valence-corrected chi connectivity index (χ2v) is 6.35. The van der Waals surface area contributed by atoms with Crippen LogP contribution in [0.3, 0.4) is 0 Å². The quantitative estimate of drug-likeness (QED) is 0.284. The SMILES string of the molecule is ON=Cc1ccc(Oc2cccc(Oc3ccc(C=NO)c(Cl)c3)c2)cc1Cl. The van der Waals surface area contributed by atoms with Crippen molar-refractivity contribution in [2.45, 2.75) is 0 Å². The average molecular weight is 417 g/mol. The average Bonchev–Trinajstić information content (AvgIpc) is 2.67. The largest absolute Gasteiger partial charge is 0.457 e. The van der Waals surface area contributed by atoms with Crippen LogP contribution in [0.25, 0.3) is 0 Å². The van der Waals surface area contributed by atoms with Gasteiger partial charge in [-0.25, -0.2) is 0 Å². The van der Waals surface area contributed by atoms with Crippen molar-refractivity contribution in [3.05, 3.63) is 81.8 Å². The smallest absolute Gasteiger partial charge is 0.131 e. The van der Waals surface area contributed by atoms with Crippen molar-refractivity contribution < 1.29 is 19.9 Å². The van der Waals surface area contributed by atoms with Crippen molar-refractivity contribution in [1.82, 2.24) is 0 Å². The molecule has 0 aromatic heterocycles. The number of halogens is 2. The molecule has 3 rings (SSSR count). The number of oxime groups is 2. The summed E-state index contributed by atoms with van der Waals surface area (Å²) in [7, 11) is 0. The van der Waals surface area contributed by atoms with Crippen molar-refractivity contribution in [3.8, 4) is 23.0 Å². The van der Waals surface area contributed by atoms with Gasteiger partial charge in [-0.05, 0) is 36.4 Å². The monoisotopic (exact) mass is 416 g/mol. The van der Waals surface area contributed by atoms with Gasteiger partial charge >= 0.3 is 0 Å². The first-order valence-corrected chi connectivity index (χ1v) is 8.74. The molecule has 0 aliphatic carbocycles. The maximum absolute atomic E-state index is 8.60. The molecule has 3 aromatic carbocycles. The zero-order chi connectivity index (χ0) is 19.9. The van der Waals surface area contributed by atoms with Crippen LogP contribution in [0.5, 0.6) is 23.0 Å². The summed E-state index contributed by atoms with van der Waals surface area (Å²) in [6.45, 7) is 0. The lowest BCUT2D eigenvalue weighted by molar-refractivity contribution is 0.321. The van der Waals surface area contributed by atoms with Gasteiger partial charge in [-0.3, -0.25) is 0 Å². The van der Waals surface area contributed by atoms with Gasteiger partial charge in [-0.1, -0.05) is 39.6 Å². The van der Waals surface area contributed by atoms with Crippen molar-refractivity contribution >= 4 is 35.6 Å². The third-order valence-corrected chi connectivity index (χ3v) is 4.27. The first kappa shape index (κ1) is 19.5. The molecule has 0 aliphatic heterocycles. The Bertz CT molecular complexity index is 960. The van der Waals surface area contributed by atoms with Gasteiger partial charge in [-0.2, -0.15) is 0 Å². The zero-order valence-corrected chi connectivity index (χ0v) is 15.8. The fourth-order valence-electron chi connectivity index (χ4n) is 2.35. The van der Waals surface area contributed by atoms with Gasteiger partial charge < -0.3 is 19.9 Å². The summed E-state index contributed by atoms with van der Waals surface area (Å²) in [6.07, 6.45) is 2.48. The number of benzene rings is 3. The zero-order valence-electron chi connectivity index (χ0n) is 14.3. The van der Waals surface area contributed by atoms with Crippen LogP contribution in [-0.2, 0) is 0 Å². The molecule has 0 unspecified atom stereocenters. The molecule has 3 aromatic rings. The molecule has 28 heavy (non-hydrogen) atoms. The lowest BCUT2D eigenvalue weighted by Crippen LogP contribution is -1.90. The minimum absolute atomic E-state index is 0.392. The van der Waals surface area contributed by atoms with Crippen LogP contribution in [0.1, 0.15) is 11.1 Å². The molecule has 142 valence electrons. The first-order chi connectivity index (χ1) is 13.6. The number of hydrogen-bond donors (Lipinski definition) is 2. The molecular weight excluding hydrogens is 403 g/mol. The Balaban J connectivity index is 1.75. The standard InChI is InChI=1S/C20H14Cl2N2O4/c21-19-9-17(6-4-13(19)11-23-25)27-15-2-1-3-16(8-15)28-18-7-5-14(12-24-26)20(22)10-18/h1-12,25-26H. The molecule has 0 radical (unpaired) electrons. The third-order valence-electron chi connectivity index (χ3n) is 3.61. The van der Waals surface area contributed by atoms with Gasteiger partial charge in [0.15, 0.2) is 0 Å². The van der Waals surface area contributed by atoms with Gasteiger partial charge in [0, 0.05) is 29.3 Å². The molecule has 0 aliphatic rings. The highest BCUT2D eigenvalue weighted by Crippen LogP contribution is 2.31. The molecule has 0 amide bonds. The van der Waals surface area contributed by atoms with E-state index in [0.29, 0.717) is 44.2 Å². The summed E-state index contributed by atoms with van der Waals surface area (Å²) in [5.41, 5.74) is 1.14. The van der Waals surface area contributed by atoms with Crippen LogP contribution >= 0.6 is 23.2 Å². The van der Waals surface area contributed by atoms with Crippen LogP contribution in [0.4, 0.5) is 0 Å². The van der Waals surface area contributed by atoms with E-state index < -0.39 is 0 Å². The van der Waals surface area contributed by atoms with E-state index in [4.69, 9.17) is 43.1 Å². The normalized spacial score (nSPS) is 11.2. The maximum atomic E-state index is 8.60. The van der Waals surface area contributed by atoms with Crippen molar-refractivity contribution in [3.63, 3.8) is 0 Å². The van der Waals surface area contributed by atoms with E-state index >= 15 is 0 Å². The Hall–Kier alpha value is -3.22. The van der Waals surface area contributed by atoms with Crippen LogP contribution in [0.2, 0.25) is 10.0 Å². The van der Waals surface area contributed by atoms with Crippen LogP contribution in [0.15, 0.2) is 71.0 Å². The summed E-state index contributed by atoms with van der Waals surface area (Å²) in [6, 6.07) is 17.1. The highest BCUT2D eigenvalue weighted by molar-refractivity contribution is 6.33. The summed E-state index contributed by atoms with van der Waals surface area (Å²) >= 11 is 12.2. The van der Waals surface area contributed by atoms with E-state index in [1.54, 1.807) is 60.7 Å². The molecule has 6 nitrogen and oxygen atoms in total. The predicted molar refractivity (Wildman–Crippen MR) is 108 cm³/mol. The number of rotatable bonds is 6. The minimum atomic E-state index is 0.392. The third kappa shape index (κ3) is 4.94. The highest BCUT2D eigenvalue weighted by atomic mass is 35.5. The Morgan fingerprint density at radius 1 is 0.643 bits per heavy atom. The second-order valence-electron chi connectivity index (χ2n) is 5.53. The molecule has 0 heterocycles. The van der Waals surface area contributed by atoms with Crippen LogP contribution in [0, 0.1) is 0 Å². The van der Waals surface area contributed by atoms with Gasteiger partial charge in [0.05, 0.1) is 22.5 Å². The molecule has 2 N–H and O–H groups in total. The lowest BCUT2D eigenvalue weighted by atomic mass is 10.2. The maximum Gasteiger partial charge on any atom is 0.131 e. The topological polar surface area (TPSA) is 83.6 Å². The fourth-order valence-corrected chi connectivity index (χ4v) is 2.79. The Kier molecular flexibility index (Phi) is 6.37. The van der Waals surface area contributed by atoms with E-state index in [1.807, 2.05) is 0 Å². The summed E-state index contributed by atoms with van der Waals surface area (Å²) < 4.78 is 11.6. The number of hydrogen-bond acceptors (Lipinski definition) is 6. The second kappa shape index (κ2) is 9.12. The van der Waals surface area contributed by atoms with Crippen LogP contribution in [-0.4, -0.2) is 22.8 Å². The molecule has 0 saturated heterocycles. The molecule has 0 spiro atoms. The van der Waals surface area contributed by atoms with Gasteiger partial charge in [0.1, 0.15) is 23.0 Å². The Labute approximate surface area is 170 Å². The van der Waals surface area contributed by atoms with Crippen molar-refractivity contribution in [1.29, 1.82) is 0 Å². The van der Waals surface area contributed by atoms with Gasteiger partial charge in [0.2, 0.25) is 0 Å². The van der Waals surface area contributed by atoms with E-state index in [1.165, 1.54) is 12.4 Å². The Morgan fingerprint density at radius 2 is 1.07 bits per heavy atom. The van der Waals surface area contributed by atoms with Crippen molar-refractivity contribution in [2.24, 2.45) is 10.3 Å². The minimum Gasteiger partial charge on any atom is -0.457 e. The predicted octanol–water partition coefficient (Wildman–Crippen LogP) is 6.19. The van der Waals surface area contributed by atoms with Crippen molar-refractivity contribution in [2.75, 3.05) is 0 Å².